The fraction of sp³-hybridized carbons (Fsp3) is 0.389. The van der Waals surface area contributed by atoms with Crippen LogP contribution < -0.4 is 72.6 Å². The fourth-order valence-corrected chi connectivity index (χ4v) is 21.1. The maximum Gasteiger partial charge on any atom is 0.461 e. The van der Waals surface area contributed by atoms with E-state index in [9.17, 15) is 71.6 Å². The van der Waals surface area contributed by atoms with Gasteiger partial charge in [0.2, 0.25) is 16.1 Å². The van der Waals surface area contributed by atoms with Crippen LogP contribution in [0.1, 0.15) is 201 Å². The lowest BCUT2D eigenvalue weighted by Gasteiger charge is -2.12. The fourth-order valence-electron chi connectivity index (χ4n) is 20.9. The van der Waals surface area contributed by atoms with Crippen LogP contribution in [0.15, 0.2) is 133 Å². The van der Waals surface area contributed by atoms with Crippen molar-refractivity contribution in [2.24, 2.45) is 0 Å². The first-order valence-corrected chi connectivity index (χ1v) is 50.9. The number of carbonyl (C=O) groups is 1. The molecule has 11 N–H and O–H groups in total. The van der Waals surface area contributed by atoms with Crippen molar-refractivity contribution in [2.45, 2.75) is 221 Å². The first-order chi connectivity index (χ1) is 71.5. The van der Waals surface area contributed by atoms with Gasteiger partial charge in [0, 0.05) is 101 Å². The van der Waals surface area contributed by atoms with Gasteiger partial charge in [-0.25, -0.2) is 24.4 Å². The molecule has 784 valence electrons. The second-order valence-corrected chi connectivity index (χ2v) is 39.7. The van der Waals surface area contributed by atoms with E-state index in [1.807, 2.05) is 93.8 Å². The number of nitro groups is 3. The van der Waals surface area contributed by atoms with E-state index in [1.165, 1.54) is 107 Å². The summed E-state index contributed by atoms with van der Waals surface area (Å²) in [6, 6.07) is 42.3. The van der Waals surface area contributed by atoms with Crippen LogP contribution in [0.5, 0.6) is 0 Å². The van der Waals surface area contributed by atoms with Crippen molar-refractivity contribution in [3.8, 4) is 0 Å². The lowest BCUT2D eigenvalue weighted by molar-refractivity contribution is -0.672. The van der Waals surface area contributed by atoms with Crippen LogP contribution in [0.2, 0.25) is 5.28 Å². The number of amides is 1. The molecule has 41 nitrogen and oxygen atoms in total. The van der Waals surface area contributed by atoms with Crippen LogP contribution in [0, 0.1) is 80.6 Å². The van der Waals surface area contributed by atoms with Crippen molar-refractivity contribution < 1.29 is 53.3 Å². The number of rotatable bonds is 12. The quantitative estimate of drug-likeness (QED) is 0.0196. The monoisotopic (exact) mass is 2060 g/mol. The summed E-state index contributed by atoms with van der Waals surface area (Å²) >= 11 is 5.63. The molecule has 0 bridgehead atoms. The standard InChI is InChI=1S/C14H19N5O2.C14H19N5O.C11H12N2O3.C10H8ClN3O.C10H10N4O2.C10H10N4O.C10H11NO2.C10H12.C9H10N2O2.C9H11N.CH4/c1-17(2)7-6-15-14-16-19(21)13-9-11-5-3-4-10(11)8-12(13)18(14)20;1-18(2)7-6-15-14-16-12-8-10-4-3-5-11(10)9-13(12)19(20)17-14;1-7(14)12-10-6-5-8-3-2-4-9(8)11(10)13(15)16;11-10-12-8-4-6-2-1-3-7(6)5-9(8)14(15)13-10;11-10-12-14(16)9-5-7-3-1-2-6(7)4-8(9)13(10)15;11-10-12-8-4-6-2-1-3-7(6)5-9(8)14(15)13-10;1-7-5-8-3-2-4-9(8)6-10(7)11(12)13;1-8-5-6-9-3-2-4-10(9)7-8;10-8-4-6-2-1-3-7(6)5-9(8)11(12)13;10-9-5-4-7-2-1-3-8(7)6-9;/h8-9H,3-7H2,1-2H3,(H,15,16);8-9H,3-7H2,1-2H3,(H,15,16,17);5-6H,2-4H2,1H3,(H,12,14);4-5H,1-3H2;4-5H,1-3H2,(H2,11,12);4-5H,1-3H2,(H2,11,12,13);5-6H,2-4H2,1H3;5-7H,2-4H2,1H3;4-5H,1-3,10H2;4-6H,1-3,10H2;1H4. The molecule has 0 unspecified atom stereocenters. The predicted octanol–water partition coefficient (Wildman–Crippen LogP) is 13.0. The molecule has 15 aromatic rings. The number of nitrogen functional groups attached to an aromatic ring is 4. The molecule has 5 aromatic heterocycles. The summed E-state index contributed by atoms with van der Waals surface area (Å²) in [7, 11) is 7.88. The number of aromatic nitrogens is 15. The molecule has 10 aliphatic rings. The number of hydrogen-bond donors (Lipinski definition) is 7. The highest BCUT2D eigenvalue weighted by molar-refractivity contribution is 6.28. The molecule has 0 fully saturated rings. The van der Waals surface area contributed by atoms with Crippen LogP contribution in [0.4, 0.5) is 57.9 Å². The Labute approximate surface area is 871 Å². The number of nitrogens with two attached hydrogens (primary N) is 4. The molecule has 10 aliphatic carbocycles. The molecule has 0 spiro atoms. The van der Waals surface area contributed by atoms with Crippen molar-refractivity contribution in [3.63, 3.8) is 0 Å². The highest BCUT2D eigenvalue weighted by Gasteiger charge is 2.31. The second kappa shape index (κ2) is 48.2. The highest BCUT2D eigenvalue weighted by Crippen LogP contribution is 2.39. The lowest BCUT2D eigenvalue weighted by Crippen LogP contribution is -2.44. The zero-order valence-corrected chi connectivity index (χ0v) is 85.3. The van der Waals surface area contributed by atoms with Crippen LogP contribution in [-0.4, -0.2) is 125 Å². The molecule has 0 saturated heterocycles. The van der Waals surface area contributed by atoms with Crippen molar-refractivity contribution in [1.29, 1.82) is 0 Å². The van der Waals surface area contributed by atoms with Gasteiger partial charge in [0.25, 0.3) is 61.8 Å². The van der Waals surface area contributed by atoms with Crippen LogP contribution >= 0.6 is 11.6 Å². The molecule has 5 heterocycles. The Hall–Kier alpha value is -16.2. The van der Waals surface area contributed by atoms with Crippen molar-refractivity contribution in [1.82, 2.24) is 50.2 Å². The van der Waals surface area contributed by atoms with E-state index < -0.39 is 9.85 Å². The summed E-state index contributed by atoms with van der Waals surface area (Å²) in [4.78, 5) is 61.4. The Bertz CT molecular complexity index is 7440. The predicted molar refractivity (Wildman–Crippen MR) is 574 cm³/mol. The van der Waals surface area contributed by atoms with E-state index in [1.54, 1.807) is 60.5 Å². The molecule has 0 aliphatic heterocycles. The normalized spacial score (nSPS) is 14.1. The molecular formula is C108H126ClN27O14. The number of hydrogen-bond acceptors (Lipinski definition) is 30. The Morgan fingerprint density at radius 3 is 1.23 bits per heavy atom. The summed E-state index contributed by atoms with van der Waals surface area (Å²) in [6.45, 7) is 8.20. The average Bonchev–Trinajstić information content (AvgIpc) is 1.46. The van der Waals surface area contributed by atoms with E-state index >= 15 is 0 Å². The number of anilines is 7. The van der Waals surface area contributed by atoms with Gasteiger partial charge in [0.05, 0.1) is 31.5 Å². The first-order valence-electron chi connectivity index (χ1n) is 50.5. The first kappa shape index (κ1) is 108. The number of carbonyl (C=O) groups excluding carboxylic acids is 1. The smallest absolute Gasteiger partial charge is 0.461 e. The Morgan fingerprint density at radius 1 is 0.373 bits per heavy atom. The number of nitro benzene ring substituents is 3. The number of nitrogens with one attached hydrogen (secondary N) is 3. The maximum atomic E-state index is 12.4. The van der Waals surface area contributed by atoms with Crippen LogP contribution in [-0.2, 0) is 133 Å². The Morgan fingerprint density at radius 2 is 0.740 bits per heavy atom. The number of likely N-dealkylation sites (N-methyl/N-ethyl adjacent to an activating group) is 2. The van der Waals surface area contributed by atoms with E-state index in [2.05, 4.69) is 98.6 Å². The summed E-state index contributed by atoms with van der Waals surface area (Å²) in [5, 5.41) is 142. The Balaban J connectivity index is 0.000000125. The third-order valence-corrected chi connectivity index (χ3v) is 28.4. The topological polar surface area (TPSA) is 585 Å². The molecule has 150 heavy (non-hydrogen) atoms. The third kappa shape index (κ3) is 26.0. The van der Waals surface area contributed by atoms with E-state index in [0.29, 0.717) is 97.8 Å². The Kier molecular flexibility index (Phi) is 34.7. The summed E-state index contributed by atoms with van der Waals surface area (Å²) in [6.07, 6.45) is 32.3. The second-order valence-electron chi connectivity index (χ2n) is 39.4. The zero-order valence-electron chi connectivity index (χ0n) is 84.6. The van der Waals surface area contributed by atoms with Gasteiger partial charge in [-0.05, 0) is 427 Å². The van der Waals surface area contributed by atoms with Crippen molar-refractivity contribution in [3.05, 3.63) is 328 Å². The number of aryl methyl sites for hydroxylation is 21. The largest absolute Gasteiger partial charge is 0.739 e. The summed E-state index contributed by atoms with van der Waals surface area (Å²) in [5.41, 5.74) is 55.7. The summed E-state index contributed by atoms with van der Waals surface area (Å²) < 4.78 is 1.22. The molecule has 42 heteroatoms. The third-order valence-electron chi connectivity index (χ3n) is 28.3. The molecule has 25 rings (SSSR count). The maximum absolute atomic E-state index is 12.4. The SMILES string of the molecule is C.CC(=O)Nc1ccc2c(c1[N+](=O)[O-])CCC2.CN(C)CCNc1n[n+]([O-])c2cc3c(cc2[n+]1[O-])CCC3.CN(C)CCNc1nc2cc3c(cc2[n+]([O-])n1)CCC3.Cc1cc2c(cc1[N+](=O)[O-])CCC2.Cc1ccc2c(c1)CCC2.Nc1cc2c(cc1[N+](=O)[O-])CCC2.Nc1ccc2c(c1)CCC2.Nc1n[n+]([O-])c2cc3c(cc2[n+]1[O-])CCC3.Nc1nc2cc3c(cc2[n+]([O-])n1)CCC3.[O-][n+]1nc(Cl)nc2cc3c(cc21)CCC3. The minimum Gasteiger partial charge on any atom is -0.739 e. The van der Waals surface area contributed by atoms with E-state index in [4.69, 9.17) is 34.5 Å². The van der Waals surface area contributed by atoms with Crippen LogP contribution in [0.25, 0.3) is 55.2 Å². The number of benzene rings is 10. The van der Waals surface area contributed by atoms with E-state index in [0.717, 1.165) is 233 Å². The number of halogens is 1. The van der Waals surface area contributed by atoms with Gasteiger partial charge >= 0.3 is 11.9 Å². The zero-order chi connectivity index (χ0) is 106. The molecule has 0 radical (unpaired) electrons. The molecule has 0 saturated carbocycles. The van der Waals surface area contributed by atoms with Crippen molar-refractivity contribution >= 4 is 131 Å². The number of fused-ring (bicyclic) bond motifs is 15. The number of nitrogens with zero attached hydrogens (tertiary/aromatic N) is 20. The highest BCUT2D eigenvalue weighted by atomic mass is 35.5. The van der Waals surface area contributed by atoms with E-state index in [-0.39, 0.29) is 69.7 Å². The van der Waals surface area contributed by atoms with Gasteiger partial charge in [0.15, 0.2) is 11.0 Å². The molecule has 0 atom stereocenters. The average molecular weight is 2060 g/mol. The lowest BCUT2D eigenvalue weighted by atomic mass is 10.1. The molecule has 1 amide bonds. The summed E-state index contributed by atoms with van der Waals surface area (Å²) in [5.74, 6) is -0.137. The van der Waals surface area contributed by atoms with Gasteiger partial charge in [-0.15, -0.1) is 0 Å². The molecular weight excluding hydrogens is 1930 g/mol. The van der Waals surface area contributed by atoms with Gasteiger partial charge < -0.3 is 74.1 Å². The minimum atomic E-state index is -0.423. The van der Waals surface area contributed by atoms with Crippen LogP contribution in [0.3, 0.4) is 0 Å². The van der Waals surface area contributed by atoms with Gasteiger partial charge in [-0.2, -0.15) is 0 Å². The molecule has 10 aromatic carbocycles. The van der Waals surface area contributed by atoms with Gasteiger partial charge in [-0.3, -0.25) is 46.2 Å². The van der Waals surface area contributed by atoms with Gasteiger partial charge in [0.1, 0.15) is 27.9 Å². The van der Waals surface area contributed by atoms with Crippen molar-refractivity contribution in [2.75, 3.05) is 93.3 Å². The van der Waals surface area contributed by atoms with Gasteiger partial charge in [-0.1, -0.05) is 43.3 Å². The minimum absolute atomic E-state index is 0.